The average molecular weight is 330 g/mol. The third-order valence-corrected chi connectivity index (χ3v) is 4.96. The molecule has 0 bridgehead atoms. The molecular weight excluding hydrogens is 310 g/mol. The molecule has 0 N–H and O–H groups in total. The van der Waals surface area contributed by atoms with Crippen LogP contribution in [0.1, 0.15) is 29.9 Å². The van der Waals surface area contributed by atoms with E-state index in [2.05, 4.69) is 76.3 Å². The minimum Gasteiger partial charge on any atom is -0.371 e. The maximum absolute atomic E-state index is 3.69. The molecule has 1 aliphatic rings. The predicted molar refractivity (Wildman–Crippen MR) is 89.5 cm³/mol. The molecule has 1 heterocycles. The summed E-state index contributed by atoms with van der Waals surface area (Å²) >= 11 is 3.69. The molecule has 0 amide bonds. The molecule has 2 heteroatoms. The van der Waals surface area contributed by atoms with Crippen molar-refractivity contribution in [1.82, 2.24) is 0 Å². The van der Waals surface area contributed by atoms with Gasteiger partial charge < -0.3 is 4.90 Å². The maximum atomic E-state index is 3.69. The zero-order valence-corrected chi connectivity index (χ0v) is 13.4. The number of hydrogen-bond acceptors (Lipinski definition) is 1. The number of hydrogen-bond donors (Lipinski definition) is 0. The van der Waals surface area contributed by atoms with Gasteiger partial charge in [-0.1, -0.05) is 51.8 Å². The highest BCUT2D eigenvalue weighted by molar-refractivity contribution is 9.10. The van der Waals surface area contributed by atoms with Gasteiger partial charge in [0, 0.05) is 23.2 Å². The summed E-state index contributed by atoms with van der Waals surface area (Å²) in [6.45, 7) is 4.44. The van der Waals surface area contributed by atoms with Crippen LogP contribution in [0.25, 0.3) is 0 Å². The molecular formula is C18H20BrN. The summed E-state index contributed by atoms with van der Waals surface area (Å²) in [5, 5.41) is 0. The first-order valence-electron chi connectivity index (χ1n) is 7.30. The van der Waals surface area contributed by atoms with E-state index in [9.17, 15) is 0 Å². The summed E-state index contributed by atoms with van der Waals surface area (Å²) in [5.41, 5.74) is 4.16. The molecule has 3 rings (SSSR count). The van der Waals surface area contributed by atoms with E-state index in [0.717, 1.165) is 13.1 Å². The average Bonchev–Trinajstić information content (AvgIpc) is 2.49. The number of anilines is 1. The number of aryl methyl sites for hydroxylation is 1. The van der Waals surface area contributed by atoms with E-state index in [1.807, 2.05) is 0 Å². The summed E-state index contributed by atoms with van der Waals surface area (Å²) in [5.74, 6) is 0.687. The zero-order chi connectivity index (χ0) is 13.9. The lowest BCUT2D eigenvalue weighted by molar-refractivity contribution is 0.504. The van der Waals surface area contributed by atoms with Crippen LogP contribution < -0.4 is 4.90 Å². The summed E-state index contributed by atoms with van der Waals surface area (Å²) < 4.78 is 1.26. The lowest BCUT2D eigenvalue weighted by atomic mass is 9.89. The summed E-state index contributed by atoms with van der Waals surface area (Å²) in [7, 11) is 0. The lowest BCUT2D eigenvalue weighted by Crippen LogP contribution is -2.32. The van der Waals surface area contributed by atoms with Crippen LogP contribution in [0.2, 0.25) is 0 Å². The van der Waals surface area contributed by atoms with E-state index in [4.69, 9.17) is 0 Å². The molecule has 0 atom stereocenters. The van der Waals surface area contributed by atoms with Gasteiger partial charge in [-0.05, 0) is 49.4 Å². The van der Waals surface area contributed by atoms with Crippen LogP contribution in [0.3, 0.4) is 0 Å². The number of piperidine rings is 1. The first kappa shape index (κ1) is 13.7. The van der Waals surface area contributed by atoms with Crippen LogP contribution in [0.15, 0.2) is 53.0 Å². The Morgan fingerprint density at radius 3 is 2.25 bits per heavy atom. The molecule has 0 spiro atoms. The Balaban J connectivity index is 1.68. The highest BCUT2D eigenvalue weighted by Crippen LogP contribution is 2.34. The molecule has 2 aromatic rings. The van der Waals surface area contributed by atoms with E-state index < -0.39 is 0 Å². The van der Waals surface area contributed by atoms with Crippen molar-refractivity contribution in [3.63, 3.8) is 0 Å². The molecule has 1 saturated heterocycles. The van der Waals surface area contributed by atoms with Crippen molar-refractivity contribution in [1.29, 1.82) is 0 Å². The van der Waals surface area contributed by atoms with Crippen LogP contribution in [-0.2, 0) is 0 Å². The largest absolute Gasteiger partial charge is 0.371 e. The molecule has 2 aromatic carbocycles. The summed E-state index contributed by atoms with van der Waals surface area (Å²) in [4.78, 5) is 2.51. The minimum absolute atomic E-state index is 0.687. The number of nitrogens with zero attached hydrogens (tertiary/aromatic N) is 1. The van der Waals surface area contributed by atoms with Crippen molar-refractivity contribution < 1.29 is 0 Å². The van der Waals surface area contributed by atoms with Gasteiger partial charge in [-0.2, -0.15) is 0 Å². The van der Waals surface area contributed by atoms with E-state index in [1.165, 1.54) is 34.1 Å². The van der Waals surface area contributed by atoms with Crippen LogP contribution in [0, 0.1) is 6.92 Å². The van der Waals surface area contributed by atoms with E-state index in [1.54, 1.807) is 0 Å². The quantitative estimate of drug-likeness (QED) is 0.737. The Morgan fingerprint density at radius 1 is 0.950 bits per heavy atom. The van der Waals surface area contributed by atoms with Gasteiger partial charge in [-0.25, -0.2) is 0 Å². The first-order valence-corrected chi connectivity index (χ1v) is 8.09. The van der Waals surface area contributed by atoms with Gasteiger partial charge in [0.2, 0.25) is 0 Å². The van der Waals surface area contributed by atoms with E-state index >= 15 is 0 Å². The third-order valence-electron chi connectivity index (χ3n) is 4.24. The van der Waals surface area contributed by atoms with Crippen molar-refractivity contribution >= 4 is 21.6 Å². The van der Waals surface area contributed by atoms with E-state index in [0.29, 0.717) is 5.92 Å². The fourth-order valence-corrected chi connectivity index (χ4v) is 3.62. The topological polar surface area (TPSA) is 3.24 Å². The first-order chi connectivity index (χ1) is 9.74. The second-order valence-corrected chi connectivity index (χ2v) is 6.47. The Labute approximate surface area is 129 Å². The SMILES string of the molecule is Cc1ccc(N2CCC(c3ccccc3Br)CC2)cc1. The van der Waals surface area contributed by atoms with Crippen LogP contribution in [0.5, 0.6) is 0 Å². The zero-order valence-electron chi connectivity index (χ0n) is 11.8. The molecule has 0 aliphatic carbocycles. The Hall–Kier alpha value is -1.28. The van der Waals surface area contributed by atoms with Crippen molar-refractivity contribution in [2.75, 3.05) is 18.0 Å². The molecule has 0 unspecified atom stereocenters. The van der Waals surface area contributed by atoms with Gasteiger partial charge >= 0.3 is 0 Å². The van der Waals surface area contributed by atoms with Gasteiger partial charge in [-0.3, -0.25) is 0 Å². The second-order valence-electron chi connectivity index (χ2n) is 5.62. The predicted octanol–water partition coefficient (Wildman–Crippen LogP) is 5.14. The van der Waals surface area contributed by atoms with Crippen molar-refractivity contribution in [3.05, 3.63) is 64.1 Å². The molecule has 104 valence electrons. The number of halogens is 1. The fourth-order valence-electron chi connectivity index (χ4n) is 3.01. The third kappa shape index (κ3) is 2.90. The van der Waals surface area contributed by atoms with Gasteiger partial charge in [0.1, 0.15) is 0 Å². The van der Waals surface area contributed by atoms with Gasteiger partial charge in [-0.15, -0.1) is 0 Å². The molecule has 0 radical (unpaired) electrons. The Bertz CT molecular complexity index is 568. The summed E-state index contributed by atoms with van der Waals surface area (Å²) in [6, 6.07) is 17.5. The molecule has 1 aliphatic heterocycles. The fraction of sp³-hybridized carbons (Fsp3) is 0.333. The Kier molecular flexibility index (Phi) is 4.11. The van der Waals surface area contributed by atoms with Gasteiger partial charge in [0.25, 0.3) is 0 Å². The normalized spacial score (nSPS) is 16.4. The van der Waals surface area contributed by atoms with Crippen molar-refractivity contribution in [2.45, 2.75) is 25.7 Å². The smallest absolute Gasteiger partial charge is 0.0366 e. The van der Waals surface area contributed by atoms with Crippen LogP contribution in [0.4, 0.5) is 5.69 Å². The van der Waals surface area contributed by atoms with Crippen LogP contribution >= 0.6 is 15.9 Å². The van der Waals surface area contributed by atoms with E-state index in [-0.39, 0.29) is 0 Å². The lowest BCUT2D eigenvalue weighted by Gasteiger charge is -2.34. The second kappa shape index (κ2) is 6.01. The monoisotopic (exact) mass is 329 g/mol. The van der Waals surface area contributed by atoms with Gasteiger partial charge in [0.05, 0.1) is 0 Å². The Morgan fingerprint density at radius 2 is 1.60 bits per heavy atom. The summed E-state index contributed by atoms with van der Waals surface area (Å²) in [6.07, 6.45) is 2.47. The molecule has 1 nitrogen and oxygen atoms in total. The highest BCUT2D eigenvalue weighted by atomic mass is 79.9. The van der Waals surface area contributed by atoms with Crippen molar-refractivity contribution in [2.24, 2.45) is 0 Å². The number of rotatable bonds is 2. The minimum atomic E-state index is 0.687. The van der Waals surface area contributed by atoms with Crippen LogP contribution in [-0.4, -0.2) is 13.1 Å². The van der Waals surface area contributed by atoms with Crippen molar-refractivity contribution in [3.8, 4) is 0 Å². The highest BCUT2D eigenvalue weighted by Gasteiger charge is 2.21. The maximum Gasteiger partial charge on any atom is 0.0366 e. The molecule has 1 fully saturated rings. The molecule has 20 heavy (non-hydrogen) atoms. The number of benzene rings is 2. The molecule has 0 aromatic heterocycles. The molecule has 0 saturated carbocycles. The van der Waals surface area contributed by atoms with Gasteiger partial charge in [0.15, 0.2) is 0 Å². The standard InChI is InChI=1S/C18H20BrN/c1-14-6-8-16(9-7-14)20-12-10-15(11-13-20)17-4-2-3-5-18(17)19/h2-9,15H,10-13H2,1H3.